The normalized spacial score (nSPS) is 12.2. The van der Waals surface area contributed by atoms with Gasteiger partial charge in [0.1, 0.15) is 5.75 Å². The van der Waals surface area contributed by atoms with Gasteiger partial charge in [-0.2, -0.15) is 0 Å². The van der Waals surface area contributed by atoms with Crippen LogP contribution in [0.15, 0.2) is 45.8 Å². The van der Waals surface area contributed by atoms with Gasteiger partial charge in [0.2, 0.25) is 0 Å². The maximum absolute atomic E-state index is 6.36. The molecule has 1 atom stereocenters. The Balaban J connectivity index is 2.08. The molecular formula is C17H20BrNOS. The molecule has 0 spiro atoms. The fraction of sp³-hybridized carbons (Fsp3) is 0.294. The van der Waals surface area contributed by atoms with Gasteiger partial charge in [-0.3, -0.25) is 0 Å². The van der Waals surface area contributed by atoms with Crippen LogP contribution >= 0.6 is 27.7 Å². The van der Waals surface area contributed by atoms with Crippen molar-refractivity contribution < 1.29 is 4.74 Å². The van der Waals surface area contributed by atoms with Crippen molar-refractivity contribution in [2.45, 2.75) is 24.8 Å². The van der Waals surface area contributed by atoms with Gasteiger partial charge < -0.3 is 10.5 Å². The van der Waals surface area contributed by atoms with Gasteiger partial charge >= 0.3 is 0 Å². The first-order chi connectivity index (χ1) is 10.0. The summed E-state index contributed by atoms with van der Waals surface area (Å²) in [5.41, 5.74) is 9.86. The van der Waals surface area contributed by atoms with E-state index in [1.807, 2.05) is 0 Å². The third-order valence-corrected chi connectivity index (χ3v) is 5.09. The van der Waals surface area contributed by atoms with Crippen LogP contribution in [0.4, 0.5) is 0 Å². The molecule has 0 saturated heterocycles. The van der Waals surface area contributed by atoms with Gasteiger partial charge in [-0.15, -0.1) is 11.8 Å². The molecule has 0 aliphatic heterocycles. The van der Waals surface area contributed by atoms with Crippen molar-refractivity contribution in [2.75, 3.05) is 12.9 Å². The highest BCUT2D eigenvalue weighted by atomic mass is 79.9. The van der Waals surface area contributed by atoms with Gasteiger partial charge in [0.05, 0.1) is 7.11 Å². The molecule has 2 rings (SSSR count). The van der Waals surface area contributed by atoms with E-state index in [1.165, 1.54) is 16.0 Å². The molecule has 0 aliphatic carbocycles. The lowest BCUT2D eigenvalue weighted by Gasteiger charge is -2.17. The van der Waals surface area contributed by atoms with Gasteiger partial charge in [-0.1, -0.05) is 22.0 Å². The summed E-state index contributed by atoms with van der Waals surface area (Å²) >= 11 is 5.23. The fourth-order valence-electron chi connectivity index (χ4n) is 2.24. The first-order valence-electron chi connectivity index (χ1n) is 6.80. The largest absolute Gasteiger partial charge is 0.496 e. The van der Waals surface area contributed by atoms with E-state index in [9.17, 15) is 0 Å². The highest BCUT2D eigenvalue weighted by Gasteiger charge is 2.12. The summed E-state index contributed by atoms with van der Waals surface area (Å²) in [5.74, 6) is 1.78. The number of hydrogen-bond acceptors (Lipinski definition) is 3. The maximum atomic E-state index is 6.36. The van der Waals surface area contributed by atoms with Crippen molar-refractivity contribution in [2.24, 2.45) is 5.73 Å². The lowest BCUT2D eigenvalue weighted by atomic mass is 10.00. The molecule has 0 amide bonds. The molecule has 0 aliphatic rings. The zero-order valence-corrected chi connectivity index (χ0v) is 14.9. The van der Waals surface area contributed by atoms with Crippen LogP contribution in [-0.2, 0) is 0 Å². The minimum atomic E-state index is 0.0169. The van der Waals surface area contributed by atoms with Crippen LogP contribution in [0.25, 0.3) is 0 Å². The van der Waals surface area contributed by atoms with E-state index in [4.69, 9.17) is 10.5 Å². The number of benzene rings is 2. The first-order valence-corrected chi connectivity index (χ1v) is 8.58. The SMILES string of the molecule is COc1cc(C)c(C(N)CSc2ccc(Br)cc2)cc1C. The molecule has 0 heterocycles. The van der Waals surface area contributed by atoms with Crippen molar-refractivity contribution in [1.82, 2.24) is 0 Å². The summed E-state index contributed by atoms with van der Waals surface area (Å²) < 4.78 is 6.45. The molecule has 0 radical (unpaired) electrons. The molecule has 0 fully saturated rings. The van der Waals surface area contributed by atoms with Crippen molar-refractivity contribution in [3.05, 3.63) is 57.6 Å². The number of hydrogen-bond donors (Lipinski definition) is 1. The molecule has 112 valence electrons. The molecule has 1 unspecified atom stereocenters. The Bertz CT molecular complexity index is 613. The third-order valence-electron chi connectivity index (χ3n) is 3.43. The summed E-state index contributed by atoms with van der Waals surface area (Å²) in [6.07, 6.45) is 0. The predicted molar refractivity (Wildman–Crippen MR) is 94.3 cm³/mol. The van der Waals surface area contributed by atoms with Crippen LogP contribution in [-0.4, -0.2) is 12.9 Å². The monoisotopic (exact) mass is 365 g/mol. The van der Waals surface area contributed by atoms with Crippen LogP contribution in [0.1, 0.15) is 22.7 Å². The van der Waals surface area contributed by atoms with Gasteiger partial charge in [0.25, 0.3) is 0 Å². The molecule has 0 saturated carbocycles. The molecule has 21 heavy (non-hydrogen) atoms. The van der Waals surface area contributed by atoms with Gasteiger partial charge in [-0.05, 0) is 60.9 Å². The summed E-state index contributed by atoms with van der Waals surface area (Å²) in [5, 5.41) is 0. The summed E-state index contributed by atoms with van der Waals surface area (Å²) in [6.45, 7) is 4.14. The highest BCUT2D eigenvalue weighted by Crippen LogP contribution is 2.29. The Labute approximate surface area is 139 Å². The average Bonchev–Trinajstić information content (AvgIpc) is 2.48. The van der Waals surface area contributed by atoms with E-state index in [2.05, 4.69) is 66.2 Å². The second kappa shape index (κ2) is 7.34. The third kappa shape index (κ3) is 4.25. The van der Waals surface area contributed by atoms with Crippen LogP contribution in [0, 0.1) is 13.8 Å². The smallest absolute Gasteiger partial charge is 0.122 e. The van der Waals surface area contributed by atoms with Crippen LogP contribution in [0.5, 0.6) is 5.75 Å². The van der Waals surface area contributed by atoms with Crippen LogP contribution in [0.3, 0.4) is 0 Å². The minimum Gasteiger partial charge on any atom is -0.496 e. The summed E-state index contributed by atoms with van der Waals surface area (Å²) in [6, 6.07) is 12.5. The molecule has 0 aromatic heterocycles. The summed E-state index contributed by atoms with van der Waals surface area (Å²) in [4.78, 5) is 1.23. The number of ether oxygens (including phenoxy) is 1. The first kappa shape index (κ1) is 16.4. The Morgan fingerprint density at radius 1 is 1.14 bits per heavy atom. The Morgan fingerprint density at radius 3 is 2.43 bits per heavy atom. The molecule has 2 N–H and O–H groups in total. The highest BCUT2D eigenvalue weighted by molar-refractivity contribution is 9.10. The Morgan fingerprint density at radius 2 is 1.81 bits per heavy atom. The van der Waals surface area contributed by atoms with Crippen molar-refractivity contribution in [3.8, 4) is 5.75 Å². The molecule has 0 bridgehead atoms. The molecular weight excluding hydrogens is 346 g/mol. The Hall–Kier alpha value is -0.970. The summed E-state index contributed by atoms with van der Waals surface area (Å²) in [7, 11) is 1.70. The van der Waals surface area contributed by atoms with Crippen molar-refractivity contribution >= 4 is 27.7 Å². The van der Waals surface area contributed by atoms with E-state index < -0.39 is 0 Å². The average molecular weight is 366 g/mol. The Kier molecular flexibility index (Phi) is 5.73. The minimum absolute atomic E-state index is 0.0169. The quantitative estimate of drug-likeness (QED) is 0.767. The topological polar surface area (TPSA) is 35.2 Å². The second-order valence-corrected chi connectivity index (χ2v) is 7.06. The van der Waals surface area contributed by atoms with Crippen LogP contribution in [0.2, 0.25) is 0 Å². The number of methoxy groups -OCH3 is 1. The molecule has 2 aromatic carbocycles. The zero-order valence-electron chi connectivity index (χ0n) is 12.5. The number of rotatable bonds is 5. The number of aryl methyl sites for hydroxylation is 2. The van der Waals surface area contributed by atoms with E-state index >= 15 is 0 Å². The molecule has 4 heteroatoms. The zero-order chi connectivity index (χ0) is 15.4. The van der Waals surface area contributed by atoms with E-state index in [0.717, 1.165) is 21.5 Å². The van der Waals surface area contributed by atoms with E-state index in [-0.39, 0.29) is 6.04 Å². The fourth-order valence-corrected chi connectivity index (χ4v) is 3.38. The standard InChI is InChI=1S/C17H20BrNOS/c1-11-9-17(20-3)12(2)8-15(11)16(19)10-21-14-6-4-13(18)5-7-14/h4-9,16H,10,19H2,1-3H3. The van der Waals surface area contributed by atoms with Gasteiger partial charge in [0, 0.05) is 21.2 Å². The van der Waals surface area contributed by atoms with Crippen molar-refractivity contribution in [1.29, 1.82) is 0 Å². The molecule has 2 nitrogen and oxygen atoms in total. The molecule has 2 aromatic rings. The lowest BCUT2D eigenvalue weighted by Crippen LogP contribution is -2.14. The predicted octanol–water partition coefficient (Wildman–Crippen LogP) is 4.87. The lowest BCUT2D eigenvalue weighted by molar-refractivity contribution is 0.411. The number of nitrogens with two attached hydrogens (primary N) is 1. The van der Waals surface area contributed by atoms with Gasteiger partial charge in [-0.25, -0.2) is 0 Å². The van der Waals surface area contributed by atoms with Gasteiger partial charge in [0.15, 0.2) is 0 Å². The maximum Gasteiger partial charge on any atom is 0.122 e. The second-order valence-electron chi connectivity index (χ2n) is 5.05. The van der Waals surface area contributed by atoms with E-state index in [0.29, 0.717) is 0 Å². The van der Waals surface area contributed by atoms with E-state index in [1.54, 1.807) is 18.9 Å². The van der Waals surface area contributed by atoms with Crippen molar-refractivity contribution in [3.63, 3.8) is 0 Å². The number of thioether (sulfide) groups is 1. The number of halogens is 1. The van der Waals surface area contributed by atoms with Crippen LogP contribution < -0.4 is 10.5 Å².